The third-order valence-corrected chi connectivity index (χ3v) is 3.22. The molecule has 2 heterocycles. The molecule has 0 saturated carbocycles. The van der Waals surface area contributed by atoms with Gasteiger partial charge in [-0.15, -0.1) is 11.3 Å². The van der Waals surface area contributed by atoms with Crippen molar-refractivity contribution in [2.24, 2.45) is 0 Å². The first-order valence-corrected chi connectivity index (χ1v) is 5.88. The van der Waals surface area contributed by atoms with E-state index in [-0.39, 0.29) is 24.3 Å². The molecule has 0 radical (unpaired) electrons. The Hall–Kier alpha value is -1.73. The Morgan fingerprint density at radius 3 is 3.12 bits per heavy atom. The number of amides is 1. The standard InChI is InChI=1S/C10H11N3O3S/c1-6-5-17-10-12-4-7(9(16)13(6)10)8(15)11-2-3-14/h4-5,14H,2-3H2,1H3,(H,11,15). The smallest absolute Gasteiger partial charge is 0.271 e. The first-order chi connectivity index (χ1) is 8.15. The average molecular weight is 253 g/mol. The Bertz CT molecular complexity index is 617. The third-order valence-electron chi connectivity index (χ3n) is 2.26. The Kier molecular flexibility index (Phi) is 3.21. The molecule has 0 aliphatic rings. The molecule has 90 valence electrons. The molecule has 2 N–H and O–H groups in total. The van der Waals surface area contributed by atoms with Gasteiger partial charge in [-0.1, -0.05) is 0 Å². The average Bonchev–Trinajstić information content (AvgIpc) is 2.69. The SMILES string of the molecule is Cc1csc2ncc(C(=O)NCCO)c(=O)n12. The molecule has 0 aromatic carbocycles. The van der Waals surface area contributed by atoms with Crippen molar-refractivity contribution in [2.75, 3.05) is 13.2 Å². The minimum atomic E-state index is -0.517. The maximum Gasteiger partial charge on any atom is 0.271 e. The molecular formula is C10H11N3O3S. The number of aliphatic hydroxyl groups is 1. The van der Waals surface area contributed by atoms with Gasteiger partial charge in [-0.25, -0.2) is 4.98 Å². The minimum absolute atomic E-state index is 0.0162. The van der Waals surface area contributed by atoms with Crippen LogP contribution in [0.4, 0.5) is 0 Å². The number of hydrogen-bond donors (Lipinski definition) is 2. The van der Waals surface area contributed by atoms with Crippen LogP contribution in [0.1, 0.15) is 16.1 Å². The lowest BCUT2D eigenvalue weighted by Gasteiger charge is -2.03. The summed E-state index contributed by atoms with van der Waals surface area (Å²) in [6.45, 7) is 1.73. The minimum Gasteiger partial charge on any atom is -0.395 e. The molecule has 6 nitrogen and oxygen atoms in total. The van der Waals surface area contributed by atoms with Crippen LogP contribution >= 0.6 is 11.3 Å². The molecular weight excluding hydrogens is 242 g/mol. The van der Waals surface area contributed by atoms with Crippen molar-refractivity contribution >= 4 is 22.2 Å². The van der Waals surface area contributed by atoms with Crippen molar-refractivity contribution < 1.29 is 9.90 Å². The van der Waals surface area contributed by atoms with Crippen LogP contribution in [0.2, 0.25) is 0 Å². The van der Waals surface area contributed by atoms with Gasteiger partial charge in [-0.2, -0.15) is 0 Å². The van der Waals surface area contributed by atoms with Crippen molar-refractivity contribution in [1.29, 1.82) is 0 Å². The molecule has 0 saturated heterocycles. The van der Waals surface area contributed by atoms with Crippen molar-refractivity contribution in [3.05, 3.63) is 33.2 Å². The van der Waals surface area contributed by atoms with E-state index in [1.807, 2.05) is 0 Å². The Labute approximate surface area is 101 Å². The number of aryl methyl sites for hydroxylation is 1. The summed E-state index contributed by atoms with van der Waals surface area (Å²) in [5.41, 5.74) is 0.348. The van der Waals surface area contributed by atoms with Gasteiger partial charge in [-0.05, 0) is 6.92 Å². The lowest BCUT2D eigenvalue weighted by atomic mass is 10.3. The van der Waals surface area contributed by atoms with Crippen LogP contribution in [0.3, 0.4) is 0 Å². The normalized spacial score (nSPS) is 10.7. The molecule has 0 unspecified atom stereocenters. The van der Waals surface area contributed by atoms with E-state index in [1.54, 1.807) is 12.3 Å². The summed E-state index contributed by atoms with van der Waals surface area (Å²) in [6.07, 6.45) is 1.26. The number of nitrogens with one attached hydrogen (secondary N) is 1. The lowest BCUT2D eigenvalue weighted by molar-refractivity contribution is 0.0942. The second-order valence-electron chi connectivity index (χ2n) is 3.45. The fraction of sp³-hybridized carbons (Fsp3) is 0.300. The highest BCUT2D eigenvalue weighted by Gasteiger charge is 2.14. The molecule has 7 heteroatoms. The van der Waals surface area contributed by atoms with E-state index < -0.39 is 5.91 Å². The number of fused-ring (bicyclic) bond motifs is 1. The predicted octanol–water partition coefficient (Wildman–Crippen LogP) is -0.213. The summed E-state index contributed by atoms with van der Waals surface area (Å²) in [7, 11) is 0. The summed E-state index contributed by atoms with van der Waals surface area (Å²) in [4.78, 5) is 28.3. The van der Waals surface area contributed by atoms with Crippen LogP contribution in [0.15, 0.2) is 16.4 Å². The summed E-state index contributed by atoms with van der Waals surface area (Å²) in [5, 5.41) is 12.8. The topological polar surface area (TPSA) is 83.7 Å². The van der Waals surface area contributed by atoms with Gasteiger partial charge in [0.1, 0.15) is 5.56 Å². The summed E-state index contributed by atoms with van der Waals surface area (Å²) >= 11 is 1.35. The molecule has 1 amide bonds. The van der Waals surface area contributed by atoms with Crippen molar-refractivity contribution in [2.45, 2.75) is 6.92 Å². The quantitative estimate of drug-likeness (QED) is 0.792. The van der Waals surface area contributed by atoms with Crippen LogP contribution in [0.25, 0.3) is 4.96 Å². The van der Waals surface area contributed by atoms with E-state index in [0.29, 0.717) is 4.96 Å². The van der Waals surface area contributed by atoms with Crippen molar-refractivity contribution in [1.82, 2.24) is 14.7 Å². The molecule has 0 fully saturated rings. The lowest BCUT2D eigenvalue weighted by Crippen LogP contribution is -2.33. The van der Waals surface area contributed by atoms with E-state index in [4.69, 9.17) is 5.11 Å². The molecule has 0 spiro atoms. The number of thiazole rings is 1. The highest BCUT2D eigenvalue weighted by molar-refractivity contribution is 7.15. The highest BCUT2D eigenvalue weighted by Crippen LogP contribution is 2.10. The van der Waals surface area contributed by atoms with E-state index >= 15 is 0 Å². The van der Waals surface area contributed by atoms with Gasteiger partial charge in [0.2, 0.25) is 0 Å². The summed E-state index contributed by atoms with van der Waals surface area (Å²) in [6, 6.07) is 0. The number of hydrogen-bond acceptors (Lipinski definition) is 5. The van der Waals surface area contributed by atoms with E-state index in [0.717, 1.165) is 5.69 Å². The number of rotatable bonds is 3. The van der Waals surface area contributed by atoms with E-state index in [2.05, 4.69) is 10.3 Å². The zero-order valence-corrected chi connectivity index (χ0v) is 9.95. The molecule has 0 aliphatic carbocycles. The Morgan fingerprint density at radius 1 is 1.65 bits per heavy atom. The number of carbonyl (C=O) groups is 1. The molecule has 2 aromatic heterocycles. The molecule has 2 rings (SSSR count). The van der Waals surface area contributed by atoms with Crippen LogP contribution in [-0.2, 0) is 0 Å². The van der Waals surface area contributed by atoms with Gasteiger partial charge in [0, 0.05) is 23.8 Å². The fourth-order valence-electron chi connectivity index (χ4n) is 1.45. The van der Waals surface area contributed by atoms with Gasteiger partial charge >= 0.3 is 0 Å². The first-order valence-electron chi connectivity index (χ1n) is 5.00. The van der Waals surface area contributed by atoms with Crippen LogP contribution in [-0.4, -0.2) is 33.6 Å². The van der Waals surface area contributed by atoms with Crippen molar-refractivity contribution in [3.63, 3.8) is 0 Å². The van der Waals surface area contributed by atoms with Crippen LogP contribution in [0, 0.1) is 6.92 Å². The van der Waals surface area contributed by atoms with Crippen LogP contribution in [0.5, 0.6) is 0 Å². The van der Waals surface area contributed by atoms with Gasteiger partial charge in [-0.3, -0.25) is 14.0 Å². The molecule has 17 heavy (non-hydrogen) atoms. The zero-order valence-electron chi connectivity index (χ0n) is 9.14. The summed E-state index contributed by atoms with van der Waals surface area (Å²) < 4.78 is 1.40. The number of aliphatic hydroxyl groups excluding tert-OH is 1. The predicted molar refractivity (Wildman–Crippen MR) is 63.5 cm³/mol. The monoisotopic (exact) mass is 253 g/mol. The molecule has 0 atom stereocenters. The Morgan fingerprint density at radius 2 is 2.41 bits per heavy atom. The molecule has 0 bridgehead atoms. The number of carbonyl (C=O) groups excluding carboxylic acids is 1. The highest BCUT2D eigenvalue weighted by atomic mass is 32.1. The van der Waals surface area contributed by atoms with Gasteiger partial charge in [0.05, 0.1) is 6.61 Å². The van der Waals surface area contributed by atoms with E-state index in [9.17, 15) is 9.59 Å². The summed E-state index contributed by atoms with van der Waals surface area (Å²) in [5.74, 6) is -0.517. The molecule has 0 aliphatic heterocycles. The number of aromatic nitrogens is 2. The fourth-order valence-corrected chi connectivity index (χ4v) is 2.27. The van der Waals surface area contributed by atoms with Crippen LogP contribution < -0.4 is 10.9 Å². The van der Waals surface area contributed by atoms with Gasteiger partial charge in [0.15, 0.2) is 4.96 Å². The maximum absolute atomic E-state index is 12.0. The third kappa shape index (κ3) is 2.06. The Balaban J connectivity index is 2.49. The molecule has 2 aromatic rings. The van der Waals surface area contributed by atoms with E-state index in [1.165, 1.54) is 21.9 Å². The van der Waals surface area contributed by atoms with Gasteiger partial charge < -0.3 is 10.4 Å². The number of nitrogens with zero attached hydrogens (tertiary/aromatic N) is 2. The van der Waals surface area contributed by atoms with Crippen molar-refractivity contribution in [3.8, 4) is 0 Å². The largest absolute Gasteiger partial charge is 0.395 e. The zero-order chi connectivity index (χ0) is 12.4. The maximum atomic E-state index is 12.0. The van der Waals surface area contributed by atoms with Gasteiger partial charge in [0.25, 0.3) is 11.5 Å². The second kappa shape index (κ2) is 4.64. The first kappa shape index (κ1) is 11.7. The second-order valence-corrected chi connectivity index (χ2v) is 4.29.